The zero-order valence-corrected chi connectivity index (χ0v) is 11.2. The van der Waals surface area contributed by atoms with E-state index < -0.39 is 11.7 Å². The number of piperazine rings is 1. The molecular weight excluding hydrogens is 253 g/mol. The van der Waals surface area contributed by atoms with Crippen LogP contribution in [0.25, 0.3) is 0 Å². The van der Waals surface area contributed by atoms with E-state index in [1.807, 2.05) is 0 Å². The Morgan fingerprint density at radius 2 is 2.11 bits per heavy atom. The average molecular weight is 272 g/mol. The van der Waals surface area contributed by atoms with Crippen molar-refractivity contribution >= 4 is 0 Å². The first-order valence-electron chi connectivity index (χ1n) is 6.49. The van der Waals surface area contributed by atoms with Crippen molar-refractivity contribution < 1.29 is 13.2 Å². The monoisotopic (exact) mass is 272 g/mol. The van der Waals surface area contributed by atoms with Crippen LogP contribution in [-0.4, -0.2) is 30.6 Å². The van der Waals surface area contributed by atoms with Gasteiger partial charge in [-0.25, -0.2) is 0 Å². The molecule has 1 aliphatic heterocycles. The van der Waals surface area contributed by atoms with Crippen molar-refractivity contribution in [1.29, 1.82) is 0 Å². The molecule has 1 N–H and O–H groups in total. The summed E-state index contributed by atoms with van der Waals surface area (Å²) >= 11 is 0. The summed E-state index contributed by atoms with van der Waals surface area (Å²) in [5.74, 6) is 0. The Hall–Kier alpha value is -1.07. The average Bonchev–Trinajstić information content (AvgIpc) is 2.30. The number of alkyl halides is 3. The molecule has 1 unspecified atom stereocenters. The van der Waals surface area contributed by atoms with Crippen molar-refractivity contribution in [3.8, 4) is 0 Å². The van der Waals surface area contributed by atoms with Crippen LogP contribution in [0.4, 0.5) is 13.2 Å². The number of nitrogens with one attached hydrogen (secondary N) is 1. The van der Waals surface area contributed by atoms with E-state index in [-0.39, 0.29) is 0 Å². The summed E-state index contributed by atoms with van der Waals surface area (Å²) < 4.78 is 37.8. The van der Waals surface area contributed by atoms with Crippen molar-refractivity contribution in [3.63, 3.8) is 0 Å². The standard InChI is InChI=1S/C14H19F3N2/c1-10-7-13(14(15,16)17)4-3-12(10)9-19-6-5-18-11(2)8-19/h3-4,7,11,18H,5-6,8-9H2,1-2H3. The topological polar surface area (TPSA) is 15.3 Å². The molecule has 19 heavy (non-hydrogen) atoms. The minimum absolute atomic E-state index is 0.434. The van der Waals surface area contributed by atoms with E-state index in [1.165, 1.54) is 12.1 Å². The van der Waals surface area contributed by atoms with Crippen molar-refractivity contribution in [1.82, 2.24) is 10.2 Å². The molecule has 0 bridgehead atoms. The number of hydrogen-bond donors (Lipinski definition) is 1. The van der Waals surface area contributed by atoms with Crippen molar-refractivity contribution in [2.75, 3.05) is 19.6 Å². The molecule has 1 aromatic carbocycles. The van der Waals surface area contributed by atoms with Gasteiger partial charge in [-0.2, -0.15) is 13.2 Å². The molecular formula is C14H19F3N2. The van der Waals surface area contributed by atoms with Crippen LogP contribution in [0.5, 0.6) is 0 Å². The molecule has 1 heterocycles. The zero-order chi connectivity index (χ0) is 14.0. The molecule has 0 radical (unpaired) electrons. The summed E-state index contributed by atoms with van der Waals surface area (Å²) in [4.78, 5) is 2.27. The third-order valence-electron chi connectivity index (χ3n) is 3.52. The zero-order valence-electron chi connectivity index (χ0n) is 11.2. The smallest absolute Gasteiger partial charge is 0.312 e. The van der Waals surface area contributed by atoms with Gasteiger partial charge in [0.2, 0.25) is 0 Å². The molecule has 0 saturated carbocycles. The Kier molecular flexibility index (Phi) is 4.16. The minimum atomic E-state index is -4.26. The maximum absolute atomic E-state index is 12.6. The molecule has 0 spiro atoms. The van der Waals surface area contributed by atoms with E-state index in [0.29, 0.717) is 11.6 Å². The van der Waals surface area contributed by atoms with Gasteiger partial charge in [-0.15, -0.1) is 0 Å². The molecule has 0 aromatic heterocycles. The summed E-state index contributed by atoms with van der Waals surface area (Å²) in [6.45, 7) is 7.38. The van der Waals surface area contributed by atoms with Gasteiger partial charge in [0.15, 0.2) is 0 Å². The van der Waals surface area contributed by atoms with Crippen molar-refractivity contribution in [2.24, 2.45) is 0 Å². The fourth-order valence-electron chi connectivity index (χ4n) is 2.45. The van der Waals surface area contributed by atoms with Gasteiger partial charge < -0.3 is 5.32 Å². The van der Waals surface area contributed by atoms with Gasteiger partial charge in [-0.3, -0.25) is 4.90 Å². The number of aryl methyl sites for hydroxylation is 1. The van der Waals surface area contributed by atoms with Crippen LogP contribution >= 0.6 is 0 Å². The van der Waals surface area contributed by atoms with Crippen LogP contribution in [-0.2, 0) is 12.7 Å². The molecule has 5 heteroatoms. The highest BCUT2D eigenvalue weighted by Crippen LogP contribution is 2.30. The fraction of sp³-hybridized carbons (Fsp3) is 0.571. The summed E-state index contributed by atoms with van der Waals surface area (Å²) in [6, 6.07) is 4.45. The van der Waals surface area contributed by atoms with Gasteiger partial charge in [0.25, 0.3) is 0 Å². The molecule has 2 rings (SSSR count). The molecule has 106 valence electrons. The first kappa shape index (κ1) is 14.3. The van der Waals surface area contributed by atoms with Crippen LogP contribution in [0.2, 0.25) is 0 Å². The van der Waals surface area contributed by atoms with Crippen LogP contribution < -0.4 is 5.32 Å². The van der Waals surface area contributed by atoms with Crippen LogP contribution in [0, 0.1) is 6.92 Å². The lowest BCUT2D eigenvalue weighted by Crippen LogP contribution is -2.48. The summed E-state index contributed by atoms with van der Waals surface area (Å²) in [5, 5.41) is 3.35. The van der Waals surface area contributed by atoms with Gasteiger partial charge in [0.1, 0.15) is 0 Å². The molecule has 1 aliphatic rings. The molecule has 1 fully saturated rings. The molecule has 1 atom stereocenters. The Balaban J connectivity index is 2.09. The van der Waals surface area contributed by atoms with Crippen molar-refractivity contribution in [2.45, 2.75) is 32.6 Å². The maximum Gasteiger partial charge on any atom is 0.416 e. The fourth-order valence-corrected chi connectivity index (χ4v) is 2.45. The van der Waals surface area contributed by atoms with Crippen LogP contribution in [0.15, 0.2) is 18.2 Å². The van der Waals surface area contributed by atoms with Gasteiger partial charge in [0.05, 0.1) is 5.56 Å². The SMILES string of the molecule is Cc1cc(C(F)(F)F)ccc1CN1CCNC(C)C1. The molecule has 2 nitrogen and oxygen atoms in total. The molecule has 1 aromatic rings. The van der Waals surface area contributed by atoms with E-state index in [2.05, 4.69) is 17.1 Å². The van der Waals surface area contributed by atoms with E-state index in [9.17, 15) is 13.2 Å². The number of rotatable bonds is 2. The predicted octanol–water partition coefficient (Wildman–Crippen LogP) is 2.81. The third kappa shape index (κ3) is 3.70. The second-order valence-electron chi connectivity index (χ2n) is 5.23. The van der Waals surface area contributed by atoms with Crippen LogP contribution in [0.1, 0.15) is 23.6 Å². The Labute approximate surface area is 111 Å². The number of nitrogens with zero attached hydrogens (tertiary/aromatic N) is 1. The Bertz CT molecular complexity index is 443. The summed E-state index contributed by atoms with van der Waals surface area (Å²) in [7, 11) is 0. The first-order valence-corrected chi connectivity index (χ1v) is 6.49. The van der Waals surface area contributed by atoms with Crippen molar-refractivity contribution in [3.05, 3.63) is 34.9 Å². The molecule has 1 saturated heterocycles. The second-order valence-corrected chi connectivity index (χ2v) is 5.23. The Morgan fingerprint density at radius 3 is 2.68 bits per heavy atom. The highest BCUT2D eigenvalue weighted by molar-refractivity contribution is 5.32. The van der Waals surface area contributed by atoms with Crippen LogP contribution in [0.3, 0.4) is 0 Å². The molecule has 0 amide bonds. The summed E-state index contributed by atoms with van der Waals surface area (Å²) in [5.41, 5.74) is 1.12. The van der Waals surface area contributed by atoms with E-state index in [0.717, 1.165) is 31.7 Å². The normalized spacial score (nSPS) is 21.6. The predicted molar refractivity (Wildman–Crippen MR) is 68.9 cm³/mol. The van der Waals surface area contributed by atoms with E-state index in [1.54, 1.807) is 13.0 Å². The Morgan fingerprint density at radius 1 is 1.37 bits per heavy atom. The first-order chi connectivity index (χ1) is 8.86. The lowest BCUT2D eigenvalue weighted by Gasteiger charge is -2.32. The highest BCUT2D eigenvalue weighted by atomic mass is 19.4. The molecule has 0 aliphatic carbocycles. The third-order valence-corrected chi connectivity index (χ3v) is 3.52. The number of benzene rings is 1. The van der Waals surface area contributed by atoms with Gasteiger partial charge in [-0.1, -0.05) is 6.07 Å². The van der Waals surface area contributed by atoms with Gasteiger partial charge in [-0.05, 0) is 37.1 Å². The lowest BCUT2D eigenvalue weighted by atomic mass is 10.0. The van der Waals surface area contributed by atoms with E-state index >= 15 is 0 Å². The second kappa shape index (κ2) is 5.51. The number of hydrogen-bond acceptors (Lipinski definition) is 2. The van der Waals surface area contributed by atoms with E-state index in [4.69, 9.17) is 0 Å². The number of halogens is 3. The minimum Gasteiger partial charge on any atom is -0.312 e. The van der Waals surface area contributed by atoms with Gasteiger partial charge >= 0.3 is 6.18 Å². The highest BCUT2D eigenvalue weighted by Gasteiger charge is 2.30. The van der Waals surface area contributed by atoms with Gasteiger partial charge in [0, 0.05) is 32.2 Å². The maximum atomic E-state index is 12.6. The quantitative estimate of drug-likeness (QED) is 0.890. The largest absolute Gasteiger partial charge is 0.416 e. The summed E-state index contributed by atoms with van der Waals surface area (Å²) in [6.07, 6.45) is -4.26. The lowest BCUT2D eigenvalue weighted by molar-refractivity contribution is -0.137.